The fraction of sp³-hybridized carbons (Fsp3) is 0.0612. The van der Waals surface area contributed by atoms with Crippen molar-refractivity contribution in [1.29, 1.82) is 0 Å². The van der Waals surface area contributed by atoms with Gasteiger partial charge >= 0.3 is 0 Å². The summed E-state index contributed by atoms with van der Waals surface area (Å²) in [6, 6.07) is 63.7. The second-order valence-corrected chi connectivity index (χ2v) is 14.1. The van der Waals surface area contributed by atoms with Crippen LogP contribution in [0.2, 0.25) is 0 Å². The summed E-state index contributed by atoms with van der Waals surface area (Å²) in [6.45, 7) is 4.70. The average molecular weight is 654 g/mol. The highest BCUT2D eigenvalue weighted by Gasteiger charge is 2.36. The monoisotopic (exact) mass is 653 g/mol. The molecule has 0 aliphatic heterocycles. The molecule has 1 aromatic heterocycles. The fourth-order valence-electron chi connectivity index (χ4n) is 8.30. The van der Waals surface area contributed by atoms with Crippen molar-refractivity contribution in [3.63, 3.8) is 0 Å². The van der Waals surface area contributed by atoms with Gasteiger partial charge < -0.3 is 9.32 Å². The zero-order valence-electron chi connectivity index (χ0n) is 28.6. The maximum absolute atomic E-state index is 6.69. The first-order valence-electron chi connectivity index (χ1n) is 17.7. The van der Waals surface area contributed by atoms with Crippen LogP contribution < -0.4 is 4.90 Å². The van der Waals surface area contributed by atoms with E-state index in [1.54, 1.807) is 0 Å². The Morgan fingerprint density at radius 1 is 0.431 bits per heavy atom. The van der Waals surface area contributed by atoms with Crippen LogP contribution in [0, 0.1) is 0 Å². The second-order valence-electron chi connectivity index (χ2n) is 14.1. The average Bonchev–Trinajstić information content (AvgIpc) is 3.67. The van der Waals surface area contributed by atoms with Crippen molar-refractivity contribution >= 4 is 49.8 Å². The normalized spacial score (nSPS) is 13.1. The summed E-state index contributed by atoms with van der Waals surface area (Å²) in [5, 5.41) is 4.63. The first-order chi connectivity index (χ1) is 25.0. The fourth-order valence-corrected chi connectivity index (χ4v) is 8.30. The van der Waals surface area contributed by atoms with Crippen molar-refractivity contribution in [3.8, 4) is 33.4 Å². The van der Waals surface area contributed by atoms with Crippen molar-refractivity contribution in [3.05, 3.63) is 187 Å². The molecule has 0 N–H and O–H groups in total. The van der Waals surface area contributed by atoms with E-state index in [0.29, 0.717) is 0 Å². The number of hydrogen-bond acceptors (Lipinski definition) is 2. The van der Waals surface area contributed by atoms with E-state index in [9.17, 15) is 0 Å². The Morgan fingerprint density at radius 2 is 1.14 bits per heavy atom. The van der Waals surface area contributed by atoms with Gasteiger partial charge in [0.05, 0.1) is 5.69 Å². The van der Waals surface area contributed by atoms with Crippen LogP contribution in [0.1, 0.15) is 25.0 Å². The van der Waals surface area contributed by atoms with Gasteiger partial charge in [0.15, 0.2) is 0 Å². The minimum absolute atomic E-state index is 0.131. The molecule has 0 unspecified atom stereocenters. The van der Waals surface area contributed by atoms with E-state index >= 15 is 0 Å². The number of fused-ring (bicyclic) bond motifs is 7. The topological polar surface area (TPSA) is 16.4 Å². The minimum atomic E-state index is -0.131. The van der Waals surface area contributed by atoms with Crippen molar-refractivity contribution in [2.45, 2.75) is 19.3 Å². The van der Waals surface area contributed by atoms with E-state index in [4.69, 9.17) is 4.42 Å². The van der Waals surface area contributed by atoms with Crippen molar-refractivity contribution in [2.75, 3.05) is 4.90 Å². The third-order valence-electron chi connectivity index (χ3n) is 10.8. The van der Waals surface area contributed by atoms with Gasteiger partial charge in [-0.05, 0) is 86.6 Å². The summed E-state index contributed by atoms with van der Waals surface area (Å²) in [6.07, 6.45) is 0. The SMILES string of the molecule is CC1(C)c2ccccc2-c2ccc(N(c3cc(-c4ccc5ccccc5c4)c4oc5ccccc5c4c3)c3ccccc3-c3ccccc3)cc21. The number of benzene rings is 8. The highest BCUT2D eigenvalue weighted by Crippen LogP contribution is 2.52. The molecule has 2 nitrogen and oxygen atoms in total. The smallest absolute Gasteiger partial charge is 0.143 e. The molecule has 10 rings (SSSR count). The molecule has 2 heteroatoms. The van der Waals surface area contributed by atoms with Crippen LogP contribution in [-0.2, 0) is 5.41 Å². The van der Waals surface area contributed by atoms with E-state index in [-0.39, 0.29) is 5.41 Å². The van der Waals surface area contributed by atoms with E-state index in [1.165, 1.54) is 44.2 Å². The molecule has 0 saturated carbocycles. The number of nitrogens with zero attached hydrogens (tertiary/aromatic N) is 1. The van der Waals surface area contributed by atoms with Crippen LogP contribution in [0.5, 0.6) is 0 Å². The molecule has 0 spiro atoms. The van der Waals surface area contributed by atoms with Crippen LogP contribution in [0.3, 0.4) is 0 Å². The summed E-state index contributed by atoms with van der Waals surface area (Å²) in [4.78, 5) is 2.45. The van der Waals surface area contributed by atoms with Gasteiger partial charge in [0.1, 0.15) is 11.2 Å². The van der Waals surface area contributed by atoms with Crippen molar-refractivity contribution in [1.82, 2.24) is 0 Å². The molecule has 1 heterocycles. The zero-order chi connectivity index (χ0) is 34.1. The van der Waals surface area contributed by atoms with E-state index in [1.807, 2.05) is 6.07 Å². The van der Waals surface area contributed by atoms with Crippen LogP contribution in [0.15, 0.2) is 180 Å². The number of anilines is 3. The summed E-state index contributed by atoms with van der Waals surface area (Å²) in [5.74, 6) is 0. The Bertz CT molecular complexity index is 2790. The lowest BCUT2D eigenvalue weighted by Crippen LogP contribution is -2.17. The Balaban J connectivity index is 1.28. The Hall–Kier alpha value is -6.38. The molecule has 51 heavy (non-hydrogen) atoms. The third kappa shape index (κ3) is 4.64. The lowest BCUT2D eigenvalue weighted by Gasteiger charge is -2.30. The predicted molar refractivity (Wildman–Crippen MR) is 214 cm³/mol. The first kappa shape index (κ1) is 29.5. The molecule has 0 saturated heterocycles. The minimum Gasteiger partial charge on any atom is -0.455 e. The molecule has 0 bridgehead atoms. The largest absolute Gasteiger partial charge is 0.455 e. The van der Waals surface area contributed by atoms with E-state index < -0.39 is 0 Å². The lowest BCUT2D eigenvalue weighted by molar-refractivity contribution is 0.660. The first-order valence-corrected chi connectivity index (χ1v) is 17.7. The van der Waals surface area contributed by atoms with Gasteiger partial charge in [-0.15, -0.1) is 0 Å². The van der Waals surface area contributed by atoms with Crippen LogP contribution in [0.4, 0.5) is 17.1 Å². The molecule has 1 aliphatic carbocycles. The summed E-state index contributed by atoms with van der Waals surface area (Å²) < 4.78 is 6.69. The molecule has 9 aromatic rings. The maximum Gasteiger partial charge on any atom is 0.143 e. The molecule has 1 aliphatic rings. The predicted octanol–water partition coefficient (Wildman–Crippen LogP) is 13.8. The third-order valence-corrected chi connectivity index (χ3v) is 10.8. The molecule has 0 fully saturated rings. The molecule has 242 valence electrons. The molecular weight excluding hydrogens is 619 g/mol. The van der Waals surface area contributed by atoms with Crippen LogP contribution in [-0.4, -0.2) is 0 Å². The van der Waals surface area contributed by atoms with Gasteiger partial charge in [0, 0.05) is 38.7 Å². The number of rotatable bonds is 5. The van der Waals surface area contributed by atoms with Crippen LogP contribution in [0.25, 0.3) is 66.1 Å². The number of para-hydroxylation sites is 2. The van der Waals surface area contributed by atoms with Gasteiger partial charge in [-0.2, -0.15) is 0 Å². The Labute approximate surface area is 297 Å². The molecule has 8 aromatic carbocycles. The molecular formula is C49H35NO. The second kappa shape index (κ2) is 11.3. The van der Waals surface area contributed by atoms with Gasteiger partial charge in [0.2, 0.25) is 0 Å². The summed E-state index contributed by atoms with van der Waals surface area (Å²) in [5.41, 5.74) is 14.9. The number of hydrogen-bond donors (Lipinski definition) is 0. The Kier molecular flexibility index (Phi) is 6.56. The van der Waals surface area contributed by atoms with Gasteiger partial charge in [-0.1, -0.05) is 147 Å². The zero-order valence-corrected chi connectivity index (χ0v) is 28.6. The highest BCUT2D eigenvalue weighted by atomic mass is 16.3. The standard InChI is InChI=1S/C49H35NO/c1-49(2)44-21-11-8-19-39(44)40-27-26-36(31-45(40)49)50(46-22-12-9-18-38(46)33-15-4-3-5-16-33)37-29-42(35-25-24-32-14-6-7-17-34(32)28-35)48-43(30-37)41-20-10-13-23-47(41)51-48/h3-31H,1-2H3. The number of furan rings is 1. The van der Waals surface area contributed by atoms with E-state index in [0.717, 1.165) is 50.1 Å². The summed E-state index contributed by atoms with van der Waals surface area (Å²) >= 11 is 0. The van der Waals surface area contributed by atoms with Crippen LogP contribution >= 0.6 is 0 Å². The maximum atomic E-state index is 6.69. The van der Waals surface area contributed by atoms with Gasteiger partial charge in [-0.25, -0.2) is 0 Å². The molecule has 0 amide bonds. The quantitative estimate of drug-likeness (QED) is 0.184. The highest BCUT2D eigenvalue weighted by molar-refractivity contribution is 6.12. The molecule has 0 atom stereocenters. The summed E-state index contributed by atoms with van der Waals surface area (Å²) in [7, 11) is 0. The van der Waals surface area contributed by atoms with Gasteiger partial charge in [-0.3, -0.25) is 0 Å². The van der Waals surface area contributed by atoms with E-state index in [2.05, 4.69) is 189 Å². The van der Waals surface area contributed by atoms with Gasteiger partial charge in [0.25, 0.3) is 0 Å². The lowest BCUT2D eigenvalue weighted by atomic mass is 9.82. The molecule has 0 radical (unpaired) electrons. The van der Waals surface area contributed by atoms with Crippen molar-refractivity contribution in [2.24, 2.45) is 0 Å². The van der Waals surface area contributed by atoms with Crippen molar-refractivity contribution < 1.29 is 4.42 Å². The Morgan fingerprint density at radius 3 is 2.02 bits per heavy atom.